The third kappa shape index (κ3) is 2.03. The van der Waals surface area contributed by atoms with E-state index in [1.165, 1.54) is 38.5 Å². The van der Waals surface area contributed by atoms with Crippen molar-refractivity contribution in [3.8, 4) is 0 Å². The molecule has 0 unspecified atom stereocenters. The summed E-state index contributed by atoms with van der Waals surface area (Å²) in [5.74, 6) is 2.85. The molecule has 3 heteroatoms. The highest BCUT2D eigenvalue weighted by Crippen LogP contribution is 2.56. The van der Waals surface area contributed by atoms with Gasteiger partial charge in [-0.3, -0.25) is 0 Å². The molecule has 2 nitrogen and oxygen atoms in total. The molecule has 0 amide bonds. The quantitative estimate of drug-likeness (QED) is 0.832. The van der Waals surface area contributed by atoms with Gasteiger partial charge in [-0.15, -0.1) is 0 Å². The Hall–Kier alpha value is -1.09. The van der Waals surface area contributed by atoms with Crippen LogP contribution in [0.1, 0.15) is 44.1 Å². The van der Waals surface area contributed by atoms with Gasteiger partial charge in [0.15, 0.2) is 0 Å². The fourth-order valence-electron chi connectivity index (χ4n) is 5.36. The maximum atomic E-state index is 5.87. The van der Waals surface area contributed by atoms with Gasteiger partial charge in [0.25, 0.3) is 0 Å². The normalized spacial score (nSPS) is 37.9. The van der Waals surface area contributed by atoms with E-state index in [0.717, 1.165) is 29.0 Å². The van der Waals surface area contributed by atoms with Gasteiger partial charge in [0, 0.05) is 16.8 Å². The van der Waals surface area contributed by atoms with E-state index >= 15 is 0 Å². The summed E-state index contributed by atoms with van der Waals surface area (Å²) in [6.07, 6.45) is 8.42. The van der Waals surface area contributed by atoms with E-state index in [1.54, 1.807) is 0 Å². The second-order valence-electron chi connectivity index (χ2n) is 7.23. The van der Waals surface area contributed by atoms with E-state index in [1.807, 2.05) is 12.1 Å². The van der Waals surface area contributed by atoms with Gasteiger partial charge < -0.3 is 11.1 Å². The van der Waals surface area contributed by atoms with Gasteiger partial charge in [-0.25, -0.2) is 0 Å². The number of nitrogens with one attached hydrogen (secondary N) is 1. The van der Waals surface area contributed by atoms with Crippen LogP contribution in [0.25, 0.3) is 0 Å². The van der Waals surface area contributed by atoms with Gasteiger partial charge in [-0.2, -0.15) is 0 Å². The van der Waals surface area contributed by atoms with Gasteiger partial charge >= 0.3 is 0 Å². The Balaban J connectivity index is 1.64. The van der Waals surface area contributed by atoms with Crippen LogP contribution in [-0.4, -0.2) is 10.5 Å². The summed E-state index contributed by atoms with van der Waals surface area (Å²) in [6, 6.07) is 8.25. The van der Waals surface area contributed by atoms with Crippen LogP contribution in [0, 0.1) is 17.8 Å². The summed E-state index contributed by atoms with van der Waals surface area (Å²) >= 11 is 5.20. The van der Waals surface area contributed by atoms with Crippen molar-refractivity contribution in [2.75, 3.05) is 5.32 Å². The maximum Gasteiger partial charge on any atom is 0.106 e. The van der Waals surface area contributed by atoms with Crippen LogP contribution in [-0.2, 0) is 0 Å². The van der Waals surface area contributed by atoms with E-state index in [2.05, 4.69) is 17.4 Å². The molecule has 4 bridgehead atoms. The Labute approximate surface area is 126 Å². The molecule has 0 spiro atoms. The lowest BCUT2D eigenvalue weighted by atomic mass is 9.53. The zero-order valence-electron chi connectivity index (χ0n) is 11.8. The van der Waals surface area contributed by atoms with Gasteiger partial charge in [0.1, 0.15) is 4.99 Å². The molecule has 20 heavy (non-hydrogen) atoms. The van der Waals surface area contributed by atoms with Gasteiger partial charge in [-0.1, -0.05) is 24.4 Å². The average Bonchev–Trinajstić information content (AvgIpc) is 2.36. The molecule has 0 aliphatic heterocycles. The van der Waals surface area contributed by atoms with Crippen LogP contribution < -0.4 is 11.1 Å². The largest absolute Gasteiger partial charge is 0.389 e. The Morgan fingerprint density at radius 3 is 2.15 bits per heavy atom. The summed E-state index contributed by atoms with van der Waals surface area (Å²) in [4.78, 5) is 0.498. The molecule has 1 aromatic carbocycles. The molecule has 5 rings (SSSR count). The summed E-state index contributed by atoms with van der Waals surface area (Å²) in [5.41, 5.74) is 8.33. The van der Waals surface area contributed by atoms with Gasteiger partial charge in [0.05, 0.1) is 0 Å². The van der Waals surface area contributed by atoms with Crippen molar-refractivity contribution in [2.45, 2.75) is 44.1 Å². The third-order valence-corrected chi connectivity index (χ3v) is 5.85. The Morgan fingerprint density at radius 1 is 1.05 bits per heavy atom. The lowest BCUT2D eigenvalue weighted by Crippen LogP contribution is -2.55. The number of hydrogen-bond donors (Lipinski definition) is 2. The van der Waals surface area contributed by atoms with Crippen molar-refractivity contribution in [3.05, 3.63) is 29.8 Å². The number of para-hydroxylation sites is 1. The zero-order chi connectivity index (χ0) is 13.7. The molecule has 4 aliphatic rings. The van der Waals surface area contributed by atoms with Gasteiger partial charge in [-0.05, 0) is 68.4 Å². The zero-order valence-corrected chi connectivity index (χ0v) is 12.6. The molecule has 3 N–H and O–H groups in total. The first-order chi connectivity index (χ1) is 9.63. The molecule has 0 heterocycles. The summed E-state index contributed by atoms with van der Waals surface area (Å²) < 4.78 is 0. The Kier molecular flexibility index (Phi) is 2.81. The summed E-state index contributed by atoms with van der Waals surface area (Å²) in [5, 5.41) is 3.87. The highest BCUT2D eigenvalue weighted by molar-refractivity contribution is 7.80. The maximum absolute atomic E-state index is 5.87. The number of thiocarbonyl (C=S) groups is 1. The minimum absolute atomic E-state index is 0.315. The second kappa shape index (κ2) is 4.45. The molecule has 4 aliphatic carbocycles. The first kappa shape index (κ1) is 12.6. The number of rotatable bonds is 3. The minimum Gasteiger partial charge on any atom is -0.389 e. The number of hydrogen-bond acceptors (Lipinski definition) is 2. The molecule has 0 radical (unpaired) electrons. The standard InChI is InChI=1S/C17H22N2S/c18-16(20)14-3-1-2-4-15(14)19-17-8-11-5-12(9-17)7-13(6-11)10-17/h1-4,11-13,19H,5-10H2,(H2,18,20). The fourth-order valence-corrected chi connectivity index (χ4v) is 5.53. The first-order valence-electron chi connectivity index (χ1n) is 7.81. The molecule has 4 saturated carbocycles. The van der Waals surface area contributed by atoms with Crippen molar-refractivity contribution >= 4 is 22.9 Å². The SMILES string of the molecule is NC(=S)c1ccccc1NC12CC3CC(CC(C3)C1)C2. The van der Waals surface area contributed by atoms with Crippen molar-refractivity contribution in [3.63, 3.8) is 0 Å². The smallest absolute Gasteiger partial charge is 0.106 e. The predicted octanol–water partition coefficient (Wildman–Crippen LogP) is 3.70. The van der Waals surface area contributed by atoms with Crippen LogP contribution >= 0.6 is 12.2 Å². The van der Waals surface area contributed by atoms with Gasteiger partial charge in [0.2, 0.25) is 0 Å². The molecule has 106 valence electrons. The topological polar surface area (TPSA) is 38.0 Å². The minimum atomic E-state index is 0.315. The van der Waals surface area contributed by atoms with E-state index in [4.69, 9.17) is 18.0 Å². The highest BCUT2D eigenvalue weighted by Gasteiger charge is 2.50. The van der Waals surface area contributed by atoms with E-state index < -0.39 is 0 Å². The molecule has 0 saturated heterocycles. The van der Waals surface area contributed by atoms with Crippen molar-refractivity contribution in [1.82, 2.24) is 0 Å². The van der Waals surface area contributed by atoms with Crippen LogP contribution in [0.2, 0.25) is 0 Å². The summed E-state index contributed by atoms with van der Waals surface area (Å²) in [6.45, 7) is 0. The second-order valence-corrected chi connectivity index (χ2v) is 7.67. The Bertz CT molecular complexity index is 516. The van der Waals surface area contributed by atoms with Crippen molar-refractivity contribution in [2.24, 2.45) is 23.5 Å². The highest BCUT2D eigenvalue weighted by atomic mass is 32.1. The van der Waals surface area contributed by atoms with Crippen LogP contribution in [0.15, 0.2) is 24.3 Å². The number of benzene rings is 1. The summed E-state index contributed by atoms with van der Waals surface area (Å²) in [7, 11) is 0. The monoisotopic (exact) mass is 286 g/mol. The van der Waals surface area contributed by atoms with E-state index in [9.17, 15) is 0 Å². The van der Waals surface area contributed by atoms with Crippen LogP contribution in [0.5, 0.6) is 0 Å². The van der Waals surface area contributed by atoms with Crippen LogP contribution in [0.4, 0.5) is 5.69 Å². The molecule has 4 fully saturated rings. The molecular weight excluding hydrogens is 264 g/mol. The molecule has 0 aromatic heterocycles. The fraction of sp³-hybridized carbons (Fsp3) is 0.588. The third-order valence-electron chi connectivity index (χ3n) is 5.63. The van der Waals surface area contributed by atoms with Crippen molar-refractivity contribution in [1.29, 1.82) is 0 Å². The van der Waals surface area contributed by atoms with E-state index in [0.29, 0.717) is 10.5 Å². The average molecular weight is 286 g/mol. The van der Waals surface area contributed by atoms with E-state index in [-0.39, 0.29) is 0 Å². The first-order valence-corrected chi connectivity index (χ1v) is 8.21. The lowest BCUT2D eigenvalue weighted by molar-refractivity contribution is 0.0107. The van der Waals surface area contributed by atoms with Crippen LogP contribution in [0.3, 0.4) is 0 Å². The van der Waals surface area contributed by atoms with Crippen molar-refractivity contribution < 1.29 is 0 Å². The molecule has 1 aromatic rings. The molecule has 0 atom stereocenters. The predicted molar refractivity (Wildman–Crippen MR) is 86.9 cm³/mol. The Morgan fingerprint density at radius 2 is 1.60 bits per heavy atom. The number of nitrogens with two attached hydrogens (primary N) is 1. The molecular formula is C17H22N2S. The lowest BCUT2D eigenvalue weighted by Gasteiger charge is -2.57. The number of anilines is 1.